The molecule has 0 saturated carbocycles. The number of hydrogen-bond donors (Lipinski definition) is 1. The number of thiazole rings is 1. The first-order valence-electron chi connectivity index (χ1n) is 7.39. The summed E-state index contributed by atoms with van der Waals surface area (Å²) in [7, 11) is 0. The molecule has 0 aliphatic rings. The summed E-state index contributed by atoms with van der Waals surface area (Å²) in [5, 5.41) is 11.3. The Morgan fingerprint density at radius 2 is 1.88 bits per heavy atom. The molecule has 6 nitrogen and oxygen atoms in total. The van der Waals surface area contributed by atoms with E-state index in [1.807, 2.05) is 54.6 Å². The fourth-order valence-electron chi connectivity index (χ4n) is 2.34. The number of benzene rings is 2. The standard InChI is InChI=1S/C17H13N5OS/c23-16(19-17-18-13-8-4-5-9-15(13)24-17)14-11-22(21-20-14)10-12-6-2-1-3-7-12/h1-9,11H,10H2,(H,18,19,23). The molecule has 0 spiro atoms. The summed E-state index contributed by atoms with van der Waals surface area (Å²) in [6.45, 7) is 0.572. The first-order chi connectivity index (χ1) is 11.8. The smallest absolute Gasteiger partial charge is 0.279 e. The maximum atomic E-state index is 12.3. The molecule has 0 saturated heterocycles. The largest absolute Gasteiger partial charge is 0.296 e. The van der Waals surface area contributed by atoms with Crippen LogP contribution in [0.5, 0.6) is 0 Å². The lowest BCUT2D eigenvalue weighted by Crippen LogP contribution is -2.12. The van der Waals surface area contributed by atoms with Crippen molar-refractivity contribution in [3.05, 3.63) is 72.1 Å². The minimum Gasteiger partial charge on any atom is -0.296 e. The lowest BCUT2D eigenvalue weighted by Gasteiger charge is -1.99. The average molecular weight is 335 g/mol. The molecule has 0 radical (unpaired) electrons. The molecule has 118 valence electrons. The van der Waals surface area contributed by atoms with Gasteiger partial charge in [-0.2, -0.15) is 0 Å². The molecule has 2 heterocycles. The second-order valence-corrected chi connectivity index (χ2v) is 6.26. The molecule has 0 bridgehead atoms. The number of rotatable bonds is 4. The number of anilines is 1. The molecule has 2 aromatic carbocycles. The van der Waals surface area contributed by atoms with Crippen molar-refractivity contribution < 1.29 is 4.79 Å². The van der Waals surface area contributed by atoms with Crippen molar-refractivity contribution >= 4 is 32.6 Å². The monoisotopic (exact) mass is 335 g/mol. The fraction of sp³-hybridized carbons (Fsp3) is 0.0588. The van der Waals surface area contributed by atoms with E-state index in [0.29, 0.717) is 11.7 Å². The Kier molecular flexibility index (Phi) is 3.76. The highest BCUT2D eigenvalue weighted by atomic mass is 32.1. The van der Waals surface area contributed by atoms with Gasteiger partial charge in [0.05, 0.1) is 23.0 Å². The third-order valence-corrected chi connectivity index (χ3v) is 4.42. The molecule has 0 unspecified atom stereocenters. The molecule has 1 amide bonds. The summed E-state index contributed by atoms with van der Waals surface area (Å²) in [6, 6.07) is 17.6. The van der Waals surface area contributed by atoms with Crippen LogP contribution in [0.15, 0.2) is 60.8 Å². The number of fused-ring (bicyclic) bond motifs is 1. The van der Waals surface area contributed by atoms with Gasteiger partial charge in [0.25, 0.3) is 5.91 Å². The van der Waals surface area contributed by atoms with Gasteiger partial charge in [-0.1, -0.05) is 59.0 Å². The quantitative estimate of drug-likeness (QED) is 0.622. The number of carbonyl (C=O) groups is 1. The Morgan fingerprint density at radius 3 is 2.71 bits per heavy atom. The van der Waals surface area contributed by atoms with Gasteiger partial charge >= 0.3 is 0 Å². The van der Waals surface area contributed by atoms with Crippen molar-refractivity contribution in [3.8, 4) is 0 Å². The maximum absolute atomic E-state index is 12.3. The van der Waals surface area contributed by atoms with Crippen molar-refractivity contribution in [2.24, 2.45) is 0 Å². The number of nitrogens with one attached hydrogen (secondary N) is 1. The molecule has 0 aliphatic carbocycles. The molecule has 7 heteroatoms. The SMILES string of the molecule is O=C(Nc1nc2ccccc2s1)c1cn(Cc2ccccc2)nn1. The van der Waals surface area contributed by atoms with Crippen molar-refractivity contribution in [2.45, 2.75) is 6.54 Å². The van der Waals surface area contributed by atoms with Crippen molar-refractivity contribution in [1.82, 2.24) is 20.0 Å². The zero-order valence-electron chi connectivity index (χ0n) is 12.6. The molecule has 4 rings (SSSR count). The first-order valence-corrected chi connectivity index (χ1v) is 8.20. The van der Waals surface area contributed by atoms with E-state index >= 15 is 0 Å². The van der Waals surface area contributed by atoms with Crippen molar-refractivity contribution in [2.75, 3.05) is 5.32 Å². The Hall–Kier alpha value is -3.06. The van der Waals surface area contributed by atoms with Crippen molar-refractivity contribution in [1.29, 1.82) is 0 Å². The summed E-state index contributed by atoms with van der Waals surface area (Å²) in [4.78, 5) is 16.7. The third-order valence-electron chi connectivity index (χ3n) is 3.47. The van der Waals surface area contributed by atoms with E-state index in [0.717, 1.165) is 15.8 Å². The van der Waals surface area contributed by atoms with Crippen LogP contribution in [0, 0.1) is 0 Å². The van der Waals surface area contributed by atoms with Gasteiger partial charge in [0.1, 0.15) is 0 Å². The van der Waals surface area contributed by atoms with Crippen LogP contribution in [-0.4, -0.2) is 25.9 Å². The Labute approximate surface area is 141 Å². The molecule has 4 aromatic rings. The number of carbonyl (C=O) groups excluding carboxylic acids is 1. The summed E-state index contributed by atoms with van der Waals surface area (Å²) in [5.41, 5.74) is 2.23. The Bertz CT molecular complexity index is 959. The Balaban J connectivity index is 1.48. The zero-order valence-corrected chi connectivity index (χ0v) is 13.4. The number of para-hydroxylation sites is 1. The topological polar surface area (TPSA) is 72.7 Å². The van der Waals surface area contributed by atoms with E-state index < -0.39 is 0 Å². The van der Waals surface area contributed by atoms with E-state index in [-0.39, 0.29) is 11.6 Å². The van der Waals surface area contributed by atoms with Gasteiger partial charge in [-0.25, -0.2) is 9.67 Å². The van der Waals surface area contributed by atoms with Crippen LogP contribution in [-0.2, 0) is 6.54 Å². The van der Waals surface area contributed by atoms with Gasteiger partial charge in [0.15, 0.2) is 10.8 Å². The summed E-state index contributed by atoms with van der Waals surface area (Å²) >= 11 is 1.43. The second kappa shape index (κ2) is 6.21. The predicted octanol–water partition coefficient (Wildman–Crippen LogP) is 3.19. The van der Waals surface area contributed by atoms with Crippen LogP contribution >= 0.6 is 11.3 Å². The van der Waals surface area contributed by atoms with E-state index in [2.05, 4.69) is 20.6 Å². The highest BCUT2D eigenvalue weighted by Gasteiger charge is 2.13. The minimum absolute atomic E-state index is 0.269. The lowest BCUT2D eigenvalue weighted by atomic mass is 10.2. The minimum atomic E-state index is -0.312. The first kappa shape index (κ1) is 14.5. The molecule has 1 N–H and O–H groups in total. The normalized spacial score (nSPS) is 10.8. The molecule has 2 aromatic heterocycles. The highest BCUT2D eigenvalue weighted by Crippen LogP contribution is 2.25. The number of hydrogen-bond acceptors (Lipinski definition) is 5. The third kappa shape index (κ3) is 3.02. The highest BCUT2D eigenvalue weighted by molar-refractivity contribution is 7.22. The predicted molar refractivity (Wildman–Crippen MR) is 93.1 cm³/mol. The Morgan fingerprint density at radius 1 is 1.08 bits per heavy atom. The van der Waals surface area contributed by atoms with Gasteiger partial charge in [-0.3, -0.25) is 10.1 Å². The van der Waals surface area contributed by atoms with E-state index in [4.69, 9.17) is 0 Å². The van der Waals surface area contributed by atoms with E-state index in [1.165, 1.54) is 11.3 Å². The molecular formula is C17H13N5OS. The lowest BCUT2D eigenvalue weighted by molar-refractivity contribution is 0.102. The van der Waals surface area contributed by atoms with Gasteiger partial charge < -0.3 is 0 Å². The zero-order chi connectivity index (χ0) is 16.4. The average Bonchev–Trinajstić information content (AvgIpc) is 3.22. The van der Waals surface area contributed by atoms with Crippen LogP contribution in [0.3, 0.4) is 0 Å². The number of aromatic nitrogens is 4. The summed E-state index contributed by atoms with van der Waals surface area (Å²) < 4.78 is 2.67. The molecule has 0 fully saturated rings. The molecular weight excluding hydrogens is 322 g/mol. The number of nitrogens with zero attached hydrogens (tertiary/aromatic N) is 4. The van der Waals surface area contributed by atoms with Gasteiger partial charge in [0, 0.05) is 0 Å². The van der Waals surface area contributed by atoms with E-state index in [9.17, 15) is 4.79 Å². The van der Waals surface area contributed by atoms with Gasteiger partial charge in [-0.15, -0.1) is 5.10 Å². The maximum Gasteiger partial charge on any atom is 0.279 e. The van der Waals surface area contributed by atoms with E-state index in [1.54, 1.807) is 10.9 Å². The number of amides is 1. The van der Waals surface area contributed by atoms with Crippen LogP contribution in [0.1, 0.15) is 16.1 Å². The molecule has 24 heavy (non-hydrogen) atoms. The van der Waals surface area contributed by atoms with Gasteiger partial charge in [-0.05, 0) is 17.7 Å². The van der Waals surface area contributed by atoms with Crippen LogP contribution in [0.2, 0.25) is 0 Å². The fourth-order valence-corrected chi connectivity index (χ4v) is 3.20. The van der Waals surface area contributed by atoms with Crippen LogP contribution < -0.4 is 5.32 Å². The summed E-state index contributed by atoms with van der Waals surface area (Å²) in [5.74, 6) is -0.312. The van der Waals surface area contributed by atoms with Gasteiger partial charge in [0.2, 0.25) is 0 Å². The second-order valence-electron chi connectivity index (χ2n) is 5.23. The summed E-state index contributed by atoms with van der Waals surface area (Å²) in [6.07, 6.45) is 1.63. The molecule has 0 atom stereocenters. The van der Waals surface area contributed by atoms with Crippen molar-refractivity contribution in [3.63, 3.8) is 0 Å². The van der Waals surface area contributed by atoms with Crippen LogP contribution in [0.25, 0.3) is 10.2 Å². The van der Waals surface area contributed by atoms with Crippen LogP contribution in [0.4, 0.5) is 5.13 Å². The molecule has 0 aliphatic heterocycles.